The van der Waals surface area contributed by atoms with Gasteiger partial charge in [-0.25, -0.2) is 4.98 Å². The van der Waals surface area contributed by atoms with Gasteiger partial charge in [0.05, 0.1) is 30.3 Å². The molecule has 0 saturated heterocycles. The molecule has 0 aliphatic carbocycles. The predicted octanol–water partition coefficient (Wildman–Crippen LogP) is 5.39. The molecule has 0 bridgehead atoms. The van der Waals surface area contributed by atoms with Crippen LogP contribution in [0.25, 0.3) is 22.3 Å². The number of fused-ring (bicyclic) bond motifs is 1. The number of rotatable bonds is 5. The lowest BCUT2D eigenvalue weighted by molar-refractivity contribution is 0.414. The van der Waals surface area contributed by atoms with Crippen LogP contribution in [0.2, 0.25) is 0 Å². The molecule has 2 aromatic heterocycles. The lowest BCUT2D eigenvalue weighted by Gasteiger charge is -2.13. The third-order valence-corrected chi connectivity index (χ3v) is 5.84. The Labute approximate surface area is 188 Å². The number of aryl methyl sites for hydroxylation is 1. The molecule has 0 saturated carbocycles. The number of hydrogen-bond acceptors (Lipinski definition) is 4. The van der Waals surface area contributed by atoms with Crippen molar-refractivity contribution in [1.29, 1.82) is 0 Å². The van der Waals surface area contributed by atoms with Crippen molar-refractivity contribution < 1.29 is 13.6 Å². The largest absolute Gasteiger partial charge is 0.497 e. The first-order chi connectivity index (χ1) is 15.2. The number of hydrogen-bond donors (Lipinski definition) is 0. The highest BCUT2D eigenvalue weighted by Crippen LogP contribution is 2.35. The molecular formula is C23H22IN3O2. The van der Waals surface area contributed by atoms with E-state index in [1.807, 2.05) is 61.0 Å². The van der Waals surface area contributed by atoms with E-state index in [1.54, 1.807) is 13.2 Å². The molecule has 0 fully saturated rings. The van der Waals surface area contributed by atoms with Crippen molar-refractivity contribution in [1.82, 2.24) is 14.8 Å². The molecule has 0 aliphatic rings. The minimum absolute atomic E-state index is 0.207. The van der Waals surface area contributed by atoms with Crippen LogP contribution in [0.5, 0.6) is 11.5 Å². The second kappa shape index (κ2) is 8.02. The predicted molar refractivity (Wildman–Crippen MR) is 124 cm³/mol. The minimum atomic E-state index is -2.60. The maximum Gasteiger partial charge on any atom is 0.149 e. The Morgan fingerprint density at radius 1 is 1.10 bits per heavy atom. The Kier molecular flexibility index (Phi) is 4.49. The monoisotopic (exact) mass is 502 g/mol. The van der Waals surface area contributed by atoms with Gasteiger partial charge in [0.25, 0.3) is 0 Å². The summed E-state index contributed by atoms with van der Waals surface area (Å²) >= 11 is 2.16. The average Bonchev–Trinajstić information content (AvgIpc) is 3.03. The van der Waals surface area contributed by atoms with Gasteiger partial charge in [-0.1, -0.05) is 30.3 Å². The summed E-state index contributed by atoms with van der Waals surface area (Å²) in [4.78, 5) is 4.83. The zero-order chi connectivity index (χ0) is 23.0. The molecule has 4 rings (SSSR count). The van der Waals surface area contributed by atoms with Crippen LogP contribution in [0, 0.1) is 17.5 Å². The second-order valence-electron chi connectivity index (χ2n) is 6.85. The third-order valence-electron chi connectivity index (χ3n) is 5.11. The maximum absolute atomic E-state index is 7.66. The molecule has 0 aliphatic heterocycles. The topological polar surface area (TPSA) is 49.2 Å². The fourth-order valence-electron chi connectivity index (χ4n) is 3.34. The first-order valence-corrected chi connectivity index (χ1v) is 10.2. The fourth-order valence-corrected chi connectivity index (χ4v) is 4.00. The lowest BCUT2D eigenvalue weighted by atomic mass is 10.00. The van der Waals surface area contributed by atoms with Crippen molar-refractivity contribution >= 4 is 33.6 Å². The van der Waals surface area contributed by atoms with Gasteiger partial charge in [0.15, 0.2) is 0 Å². The van der Waals surface area contributed by atoms with E-state index >= 15 is 0 Å². The van der Waals surface area contributed by atoms with Gasteiger partial charge in [-0.2, -0.15) is 5.10 Å². The summed E-state index contributed by atoms with van der Waals surface area (Å²) in [6.45, 7) is 4.51. The molecule has 29 heavy (non-hydrogen) atoms. The summed E-state index contributed by atoms with van der Waals surface area (Å²) in [6, 6.07) is 15.3. The van der Waals surface area contributed by atoms with Gasteiger partial charge in [0.2, 0.25) is 0 Å². The van der Waals surface area contributed by atoms with Crippen LogP contribution >= 0.6 is 22.6 Å². The zero-order valence-electron chi connectivity index (χ0n) is 19.4. The Morgan fingerprint density at radius 3 is 2.62 bits per heavy atom. The van der Waals surface area contributed by atoms with Crippen molar-refractivity contribution in [3.8, 4) is 22.8 Å². The zero-order valence-corrected chi connectivity index (χ0v) is 18.5. The van der Waals surface area contributed by atoms with Gasteiger partial charge >= 0.3 is 0 Å². The summed E-state index contributed by atoms with van der Waals surface area (Å²) < 4.78 is 36.2. The van der Waals surface area contributed by atoms with Crippen molar-refractivity contribution in [2.75, 3.05) is 14.1 Å². The third kappa shape index (κ3) is 3.69. The van der Waals surface area contributed by atoms with Gasteiger partial charge in [-0.05, 0) is 65.3 Å². The molecule has 2 aromatic carbocycles. The van der Waals surface area contributed by atoms with Crippen LogP contribution in [0.3, 0.4) is 0 Å². The average molecular weight is 502 g/mol. The Bertz CT molecular complexity index is 1280. The molecule has 4 aromatic rings. The summed E-state index contributed by atoms with van der Waals surface area (Å²) in [5.41, 5.74) is 5.89. The van der Waals surface area contributed by atoms with Gasteiger partial charge < -0.3 is 9.47 Å². The van der Waals surface area contributed by atoms with Crippen LogP contribution < -0.4 is 9.47 Å². The van der Waals surface area contributed by atoms with E-state index in [9.17, 15) is 0 Å². The van der Waals surface area contributed by atoms with E-state index in [2.05, 4.69) is 27.7 Å². The number of aromatic nitrogens is 3. The van der Waals surface area contributed by atoms with E-state index < -0.39 is 7.04 Å². The molecule has 148 valence electrons. The van der Waals surface area contributed by atoms with Crippen LogP contribution in [0.1, 0.15) is 20.8 Å². The SMILES string of the molecule is [2H]C([2H])([2H])Oc1cc2c(nc1-c1cccc(C)c1C)c(I)nn2Cc1ccc(OC)cc1. The normalized spacial score (nSPS) is 13.0. The highest BCUT2D eigenvalue weighted by atomic mass is 127. The van der Waals surface area contributed by atoms with E-state index in [1.165, 1.54) is 0 Å². The first kappa shape index (κ1) is 16.2. The lowest BCUT2D eigenvalue weighted by Crippen LogP contribution is -2.02. The summed E-state index contributed by atoms with van der Waals surface area (Å²) in [7, 11) is -0.972. The maximum atomic E-state index is 7.66. The minimum Gasteiger partial charge on any atom is -0.497 e. The molecule has 5 nitrogen and oxygen atoms in total. The van der Waals surface area contributed by atoms with Crippen LogP contribution in [0.15, 0.2) is 48.5 Å². The summed E-state index contributed by atoms with van der Waals surface area (Å²) in [6.07, 6.45) is 0. The molecule has 0 atom stereocenters. The fraction of sp³-hybridized carbons (Fsp3) is 0.217. The molecule has 6 heteroatoms. The number of nitrogens with zero attached hydrogens (tertiary/aromatic N) is 3. The summed E-state index contributed by atoms with van der Waals surface area (Å²) in [5.74, 6) is 0.986. The van der Waals surface area contributed by atoms with Crippen molar-refractivity contribution in [3.63, 3.8) is 0 Å². The van der Waals surface area contributed by atoms with Gasteiger partial charge in [0, 0.05) is 11.6 Å². The van der Waals surface area contributed by atoms with E-state index in [0.717, 1.165) is 31.7 Å². The molecular weight excluding hydrogens is 477 g/mol. The molecule has 0 spiro atoms. The Morgan fingerprint density at radius 2 is 1.90 bits per heavy atom. The molecule has 0 N–H and O–H groups in total. The number of pyridine rings is 1. The molecule has 0 radical (unpaired) electrons. The van der Waals surface area contributed by atoms with Crippen LogP contribution in [0.4, 0.5) is 0 Å². The summed E-state index contributed by atoms with van der Waals surface area (Å²) in [5, 5.41) is 4.65. The van der Waals surface area contributed by atoms with E-state index in [-0.39, 0.29) is 5.75 Å². The first-order valence-electron chi connectivity index (χ1n) is 10.6. The van der Waals surface area contributed by atoms with Gasteiger partial charge in [-0.3, -0.25) is 4.68 Å². The molecule has 0 unspecified atom stereocenters. The smallest absolute Gasteiger partial charge is 0.149 e. The van der Waals surface area contributed by atoms with Crippen molar-refractivity contribution in [2.45, 2.75) is 20.4 Å². The van der Waals surface area contributed by atoms with Gasteiger partial charge in [-0.15, -0.1) is 0 Å². The molecule has 2 heterocycles. The number of halogens is 1. The Hall–Kier alpha value is -2.61. The second-order valence-corrected chi connectivity index (χ2v) is 7.87. The number of ether oxygens (including phenoxy) is 2. The number of methoxy groups -OCH3 is 2. The molecule has 0 amide bonds. The highest BCUT2D eigenvalue weighted by molar-refractivity contribution is 14.1. The standard InChI is InChI=1S/C23H22IN3O2/c1-14-6-5-7-18(15(14)2)21-20(29-4)12-19-22(25-21)23(24)26-27(19)13-16-8-10-17(28-3)11-9-16/h5-12H,13H2,1-4H3/i4D3. The van der Waals surface area contributed by atoms with Crippen molar-refractivity contribution in [3.05, 3.63) is 68.9 Å². The van der Waals surface area contributed by atoms with Crippen LogP contribution in [-0.4, -0.2) is 28.9 Å². The van der Waals surface area contributed by atoms with Crippen molar-refractivity contribution in [2.24, 2.45) is 0 Å². The van der Waals surface area contributed by atoms with Crippen LogP contribution in [-0.2, 0) is 6.54 Å². The quantitative estimate of drug-likeness (QED) is 0.344. The number of benzene rings is 2. The van der Waals surface area contributed by atoms with E-state index in [4.69, 9.17) is 18.6 Å². The van der Waals surface area contributed by atoms with Gasteiger partial charge in [0.1, 0.15) is 26.4 Å². The Balaban J connectivity index is 1.87. The van der Waals surface area contributed by atoms with E-state index in [0.29, 0.717) is 23.3 Å². The highest BCUT2D eigenvalue weighted by Gasteiger charge is 2.18.